The fourth-order valence-electron chi connectivity index (χ4n) is 0.723. The Balaban J connectivity index is 4.24. The zero-order valence-electron chi connectivity index (χ0n) is 8.85. The number of carbonyl (C=O) groups is 1. The second-order valence-electron chi connectivity index (χ2n) is 3.67. The molecule has 0 aromatic heterocycles. The van der Waals surface area contributed by atoms with Gasteiger partial charge < -0.3 is 9.47 Å². The van der Waals surface area contributed by atoms with Crippen molar-refractivity contribution in [2.75, 3.05) is 13.7 Å². The second-order valence-corrected chi connectivity index (χ2v) is 3.67. The average Bonchev–Trinajstić information content (AvgIpc) is 2.02. The summed E-state index contributed by atoms with van der Waals surface area (Å²) in [7, 11) is 1.36. The van der Waals surface area contributed by atoms with Crippen LogP contribution in [-0.4, -0.2) is 31.3 Å². The summed E-state index contributed by atoms with van der Waals surface area (Å²) in [5, 5.41) is 3.25. The third-order valence-corrected chi connectivity index (χ3v) is 1.26. The molecule has 0 unspecified atom stereocenters. The molecule has 0 aliphatic heterocycles. The Labute approximate surface area is 82.8 Å². The summed E-state index contributed by atoms with van der Waals surface area (Å²) in [6.07, 6.45) is -0.829. The number of methoxy groups -OCH3 is 1. The van der Waals surface area contributed by atoms with Gasteiger partial charge in [0.2, 0.25) is 0 Å². The molecule has 0 aromatic rings. The smallest absolute Gasteiger partial charge is 0.335 e. The molecule has 6 nitrogen and oxygen atoms in total. The summed E-state index contributed by atoms with van der Waals surface area (Å²) in [5.74, 6) is -0.521. The third kappa shape index (κ3) is 5.40. The van der Waals surface area contributed by atoms with Crippen molar-refractivity contribution in [3.8, 4) is 0 Å². The molecule has 0 saturated carbocycles. The number of esters is 1. The molecule has 0 aliphatic carbocycles. The highest BCUT2D eigenvalue weighted by atomic mass is 16.6. The molecule has 0 aliphatic rings. The van der Waals surface area contributed by atoms with E-state index < -0.39 is 17.7 Å². The molecule has 0 fully saturated rings. The molecule has 0 saturated heterocycles. The first-order chi connectivity index (χ1) is 6.40. The largest absolute Gasteiger partial charge is 0.458 e. The molecule has 0 radical (unpaired) electrons. The molecule has 0 N–H and O–H groups in total. The quantitative estimate of drug-likeness (QED) is 0.300. The lowest BCUT2D eigenvalue weighted by Gasteiger charge is -2.22. The first-order valence-corrected chi connectivity index (χ1v) is 4.17. The molecule has 0 spiro atoms. The molecule has 14 heavy (non-hydrogen) atoms. The minimum absolute atomic E-state index is 0.0537. The minimum Gasteiger partial charge on any atom is -0.458 e. The predicted octanol–water partition coefficient (Wildman–Crippen LogP) is 1.65. The summed E-state index contributed by atoms with van der Waals surface area (Å²) in [6, 6.07) is 0. The molecular formula is C8H15N3O3. The highest BCUT2D eigenvalue weighted by Gasteiger charge is 2.24. The van der Waals surface area contributed by atoms with Crippen LogP contribution in [0.15, 0.2) is 5.11 Å². The van der Waals surface area contributed by atoms with Crippen LogP contribution < -0.4 is 0 Å². The first kappa shape index (κ1) is 12.7. The lowest BCUT2D eigenvalue weighted by molar-refractivity contribution is -0.166. The Bertz CT molecular complexity index is 241. The number of ether oxygens (including phenoxy) is 2. The Morgan fingerprint density at radius 1 is 1.57 bits per heavy atom. The van der Waals surface area contributed by atoms with Crippen molar-refractivity contribution in [3.63, 3.8) is 0 Å². The topological polar surface area (TPSA) is 84.3 Å². The maximum Gasteiger partial charge on any atom is 0.335 e. The molecule has 0 rings (SSSR count). The fraction of sp³-hybridized carbons (Fsp3) is 0.875. The monoisotopic (exact) mass is 201 g/mol. The van der Waals surface area contributed by atoms with Gasteiger partial charge in [-0.05, 0) is 26.3 Å². The van der Waals surface area contributed by atoms with E-state index in [1.807, 2.05) is 0 Å². The predicted molar refractivity (Wildman–Crippen MR) is 50.7 cm³/mol. The normalized spacial score (nSPS) is 12.9. The summed E-state index contributed by atoms with van der Waals surface area (Å²) in [4.78, 5) is 13.9. The van der Waals surface area contributed by atoms with Gasteiger partial charge in [-0.15, -0.1) is 0 Å². The van der Waals surface area contributed by atoms with Crippen molar-refractivity contribution in [3.05, 3.63) is 10.4 Å². The van der Waals surface area contributed by atoms with Crippen LogP contribution in [0, 0.1) is 0 Å². The van der Waals surface area contributed by atoms with Crippen LogP contribution in [0.2, 0.25) is 0 Å². The zero-order chi connectivity index (χ0) is 11.2. The lowest BCUT2D eigenvalue weighted by atomic mass is 10.2. The molecule has 0 amide bonds. The summed E-state index contributed by atoms with van der Waals surface area (Å²) >= 11 is 0. The van der Waals surface area contributed by atoms with Crippen molar-refractivity contribution >= 4 is 5.97 Å². The lowest BCUT2D eigenvalue weighted by Crippen LogP contribution is -2.34. The SMILES string of the molecule is CO[C@@H](CN=[N+]=[N-])C(=O)OC(C)(C)C. The summed E-state index contributed by atoms with van der Waals surface area (Å²) in [6.45, 7) is 5.21. The number of hydrogen-bond acceptors (Lipinski definition) is 4. The summed E-state index contributed by atoms with van der Waals surface area (Å²) < 4.78 is 9.86. The van der Waals surface area contributed by atoms with Crippen LogP contribution >= 0.6 is 0 Å². The van der Waals surface area contributed by atoms with E-state index in [0.29, 0.717) is 0 Å². The highest BCUT2D eigenvalue weighted by Crippen LogP contribution is 2.09. The average molecular weight is 201 g/mol. The highest BCUT2D eigenvalue weighted by molar-refractivity contribution is 5.75. The van der Waals surface area contributed by atoms with Crippen molar-refractivity contribution in [1.82, 2.24) is 0 Å². The van der Waals surface area contributed by atoms with Gasteiger partial charge in [0.15, 0.2) is 6.10 Å². The second kappa shape index (κ2) is 5.47. The van der Waals surface area contributed by atoms with E-state index in [0.717, 1.165) is 0 Å². The van der Waals surface area contributed by atoms with E-state index in [1.54, 1.807) is 20.8 Å². The first-order valence-electron chi connectivity index (χ1n) is 4.17. The van der Waals surface area contributed by atoms with Crippen LogP contribution in [-0.2, 0) is 14.3 Å². The van der Waals surface area contributed by atoms with Crippen LogP contribution in [0.3, 0.4) is 0 Å². The van der Waals surface area contributed by atoms with Gasteiger partial charge in [-0.3, -0.25) is 0 Å². The maximum absolute atomic E-state index is 11.4. The number of carbonyl (C=O) groups excluding carboxylic acids is 1. The van der Waals surface area contributed by atoms with Crippen LogP contribution in [0.25, 0.3) is 10.4 Å². The fourth-order valence-corrected chi connectivity index (χ4v) is 0.723. The Hall–Kier alpha value is -1.26. The third-order valence-electron chi connectivity index (χ3n) is 1.26. The Morgan fingerprint density at radius 2 is 2.14 bits per heavy atom. The number of azide groups is 1. The van der Waals surface area contributed by atoms with Crippen LogP contribution in [0.5, 0.6) is 0 Å². The number of hydrogen-bond donors (Lipinski definition) is 0. The minimum atomic E-state index is -0.829. The standard InChI is InChI=1S/C8H15N3O3/c1-8(2,3)14-7(12)6(13-4)5-10-11-9/h6H,5H2,1-4H3/t6-/m0/s1. The molecule has 1 atom stereocenters. The van der Waals surface area contributed by atoms with Gasteiger partial charge in [-0.25, -0.2) is 4.79 Å². The maximum atomic E-state index is 11.4. The van der Waals surface area contributed by atoms with Gasteiger partial charge in [0, 0.05) is 12.0 Å². The van der Waals surface area contributed by atoms with Gasteiger partial charge in [0.25, 0.3) is 0 Å². The van der Waals surface area contributed by atoms with Crippen molar-refractivity contribution in [2.45, 2.75) is 32.5 Å². The molecule has 0 heterocycles. The van der Waals surface area contributed by atoms with Gasteiger partial charge in [-0.1, -0.05) is 5.11 Å². The molecule has 80 valence electrons. The van der Waals surface area contributed by atoms with E-state index in [-0.39, 0.29) is 6.54 Å². The van der Waals surface area contributed by atoms with Crippen LogP contribution in [0.1, 0.15) is 20.8 Å². The van der Waals surface area contributed by atoms with Crippen molar-refractivity contribution < 1.29 is 14.3 Å². The molecular weight excluding hydrogens is 186 g/mol. The van der Waals surface area contributed by atoms with Crippen molar-refractivity contribution in [2.24, 2.45) is 5.11 Å². The molecule has 0 aromatic carbocycles. The van der Waals surface area contributed by atoms with E-state index >= 15 is 0 Å². The Kier molecular flexibility index (Phi) is 4.97. The van der Waals surface area contributed by atoms with E-state index in [1.165, 1.54) is 7.11 Å². The van der Waals surface area contributed by atoms with E-state index in [9.17, 15) is 4.79 Å². The van der Waals surface area contributed by atoms with E-state index in [4.69, 9.17) is 15.0 Å². The van der Waals surface area contributed by atoms with E-state index in [2.05, 4.69) is 10.0 Å². The van der Waals surface area contributed by atoms with Crippen molar-refractivity contribution in [1.29, 1.82) is 0 Å². The van der Waals surface area contributed by atoms with Gasteiger partial charge in [-0.2, -0.15) is 0 Å². The molecule has 6 heteroatoms. The van der Waals surface area contributed by atoms with Crippen LogP contribution in [0.4, 0.5) is 0 Å². The Morgan fingerprint density at radius 3 is 2.50 bits per heavy atom. The number of nitrogens with zero attached hydrogens (tertiary/aromatic N) is 3. The van der Waals surface area contributed by atoms with Gasteiger partial charge in [0.1, 0.15) is 5.60 Å². The van der Waals surface area contributed by atoms with Gasteiger partial charge in [0.05, 0.1) is 6.54 Å². The summed E-state index contributed by atoms with van der Waals surface area (Å²) in [5.41, 5.74) is 7.51. The zero-order valence-corrected chi connectivity index (χ0v) is 8.85. The van der Waals surface area contributed by atoms with Gasteiger partial charge >= 0.3 is 5.97 Å². The molecule has 0 bridgehead atoms. The number of rotatable bonds is 4.